The molecule has 0 bridgehead atoms. The molecule has 0 radical (unpaired) electrons. The van der Waals surface area contributed by atoms with E-state index in [1.165, 1.54) is 26.1 Å². The van der Waals surface area contributed by atoms with Gasteiger partial charge in [0.25, 0.3) is 0 Å². The van der Waals surface area contributed by atoms with Crippen molar-refractivity contribution in [2.75, 3.05) is 18.6 Å². The Labute approximate surface area is 219 Å². The van der Waals surface area contributed by atoms with Gasteiger partial charge in [0.15, 0.2) is 6.23 Å². The summed E-state index contributed by atoms with van der Waals surface area (Å²) in [6.07, 6.45) is -5.22. The number of nitrogens with two attached hydrogens (primary N) is 2. The Bertz CT molecular complexity index is 1220. The molecule has 2 aromatic rings. The topological polar surface area (TPSA) is 178 Å². The summed E-state index contributed by atoms with van der Waals surface area (Å²) in [5, 5.41) is 11.0. The molecule has 0 saturated carbocycles. The number of rotatable bonds is 11. The average Bonchev–Trinajstić information content (AvgIpc) is 3.10. The van der Waals surface area contributed by atoms with Crippen molar-refractivity contribution in [3.63, 3.8) is 0 Å². The molecule has 0 aliphatic carbocycles. The third-order valence-corrected chi connectivity index (χ3v) is 8.11. The second-order valence-electron chi connectivity index (χ2n) is 9.58. The minimum Gasteiger partial charge on any atom is -0.463 e. The Kier molecular flexibility index (Phi) is 9.32. The van der Waals surface area contributed by atoms with Crippen molar-refractivity contribution < 1.29 is 37.4 Å². The van der Waals surface area contributed by atoms with Crippen LogP contribution in [0.4, 0.5) is 10.2 Å². The van der Waals surface area contributed by atoms with E-state index in [-0.39, 0.29) is 23.8 Å². The highest BCUT2D eigenvalue weighted by Crippen LogP contribution is 2.52. The van der Waals surface area contributed by atoms with Crippen LogP contribution in [0.25, 0.3) is 0 Å². The molecule has 3 rings (SSSR count). The summed E-state index contributed by atoms with van der Waals surface area (Å²) in [6.45, 7) is 5.05. The van der Waals surface area contributed by atoms with Crippen molar-refractivity contribution in [2.24, 2.45) is 11.7 Å². The molecular weight excluding hydrogens is 522 g/mol. The molecule has 7 atom stereocenters. The third kappa shape index (κ3) is 6.59. The van der Waals surface area contributed by atoms with Crippen LogP contribution in [0.5, 0.6) is 5.75 Å². The number of carbonyl (C=O) groups excluding carboxylic acids is 1. The summed E-state index contributed by atoms with van der Waals surface area (Å²) in [7, 11) is -4.11. The second-order valence-corrected chi connectivity index (χ2v) is 11.6. The van der Waals surface area contributed by atoms with Crippen LogP contribution in [-0.4, -0.2) is 63.4 Å². The molecule has 1 saturated heterocycles. The van der Waals surface area contributed by atoms with Crippen molar-refractivity contribution in [1.29, 1.82) is 0 Å². The lowest BCUT2D eigenvalue weighted by atomic mass is 9.91. The number of benzene rings is 1. The van der Waals surface area contributed by atoms with E-state index in [9.17, 15) is 23.7 Å². The summed E-state index contributed by atoms with van der Waals surface area (Å²) in [5.74, 6) is -1.32. The smallest absolute Gasteiger partial charge is 0.380 e. The maximum absolute atomic E-state index is 14.2. The highest BCUT2D eigenvalue weighted by atomic mass is 31.2. The minimum absolute atomic E-state index is 0.0648. The second kappa shape index (κ2) is 11.9. The van der Waals surface area contributed by atoms with Gasteiger partial charge in [-0.05, 0) is 39.0 Å². The predicted octanol–water partition coefficient (Wildman–Crippen LogP) is 2.02. The molecule has 0 spiro atoms. The van der Waals surface area contributed by atoms with Gasteiger partial charge in [-0.3, -0.25) is 13.9 Å². The number of hydrogen-bond acceptors (Lipinski definition) is 11. The van der Waals surface area contributed by atoms with Crippen molar-refractivity contribution in [3.8, 4) is 5.75 Å². The van der Waals surface area contributed by atoms with Crippen molar-refractivity contribution >= 4 is 19.4 Å². The van der Waals surface area contributed by atoms with E-state index in [0.717, 1.165) is 4.57 Å². The van der Waals surface area contributed by atoms with Gasteiger partial charge in [-0.2, -0.15) is 4.98 Å². The quantitative estimate of drug-likeness (QED) is 0.272. The lowest BCUT2D eigenvalue weighted by Crippen LogP contribution is -2.58. The first kappa shape index (κ1) is 29.7. The number of anilines is 1. The first-order valence-corrected chi connectivity index (χ1v) is 13.8. The molecular formula is C24H34FN4O8P. The number of aromatic nitrogens is 2. The third-order valence-electron chi connectivity index (χ3n) is 5.97. The van der Waals surface area contributed by atoms with Crippen LogP contribution in [0, 0.1) is 5.92 Å². The fraction of sp³-hybridized carbons (Fsp3) is 0.542. The zero-order chi connectivity index (χ0) is 28.3. The number of ether oxygens (including phenoxy) is 2. The molecule has 2 heterocycles. The Morgan fingerprint density at radius 2 is 1.92 bits per heavy atom. The Morgan fingerprint density at radius 3 is 2.50 bits per heavy atom. The van der Waals surface area contributed by atoms with E-state index < -0.39 is 61.9 Å². The zero-order valence-corrected chi connectivity index (χ0v) is 22.5. The predicted molar refractivity (Wildman–Crippen MR) is 136 cm³/mol. The van der Waals surface area contributed by atoms with E-state index >= 15 is 0 Å². The standard InChI is InChI=1S/C24H34FN4O8P/c1-14(2)34-21(31)15(3)12-38(33,37-17-8-6-5-7-9-17)36-16(4)19-20(30)24(27,13-25)22(35-19)29-11-10-18(26)28-23(29)32/h5-11,14-16,19-20,22,30H,12-13,27H2,1-4H3,(H2,26,28,32)/t15-,16-,19-,20+,22-,24?,38+/m1/s1. The maximum Gasteiger partial charge on any atom is 0.380 e. The lowest BCUT2D eigenvalue weighted by Gasteiger charge is -2.31. The monoisotopic (exact) mass is 556 g/mol. The van der Waals surface area contributed by atoms with Crippen LogP contribution in [0.2, 0.25) is 0 Å². The fourth-order valence-corrected chi connectivity index (χ4v) is 6.15. The number of hydrogen-bond donors (Lipinski definition) is 3. The molecule has 1 aliphatic rings. The molecule has 1 aliphatic heterocycles. The SMILES string of the molecule is CC(C)OC(=O)[C@H](C)C[P@@](=O)(Oc1ccccc1)O[C@H](C)[C@H]1O[C@@H](n2ccc(N)nc2=O)C(N)(CF)[C@H]1O. The number of aliphatic hydroxyl groups is 1. The van der Waals surface area contributed by atoms with Gasteiger partial charge in [-0.25, -0.2) is 13.8 Å². The van der Waals surface area contributed by atoms with Crippen LogP contribution in [0.1, 0.15) is 33.9 Å². The van der Waals surface area contributed by atoms with Crippen molar-refractivity contribution in [3.05, 3.63) is 53.1 Å². The molecule has 14 heteroatoms. The van der Waals surface area contributed by atoms with Crippen LogP contribution >= 0.6 is 7.60 Å². The minimum atomic E-state index is -4.11. The van der Waals surface area contributed by atoms with E-state index in [0.29, 0.717) is 0 Å². The summed E-state index contributed by atoms with van der Waals surface area (Å²) in [4.78, 5) is 28.4. The van der Waals surface area contributed by atoms with E-state index in [4.69, 9.17) is 30.0 Å². The van der Waals surface area contributed by atoms with Gasteiger partial charge in [-0.1, -0.05) is 25.1 Å². The molecule has 1 unspecified atom stereocenters. The number of alkyl halides is 1. The van der Waals surface area contributed by atoms with Gasteiger partial charge in [0.2, 0.25) is 0 Å². The number of para-hydroxylation sites is 1. The highest BCUT2D eigenvalue weighted by Gasteiger charge is 2.57. The first-order valence-electron chi connectivity index (χ1n) is 12.0. The zero-order valence-electron chi connectivity index (χ0n) is 21.6. The number of aliphatic hydroxyl groups excluding tert-OH is 1. The number of halogens is 1. The normalized spacial score (nSPS) is 26.5. The lowest BCUT2D eigenvalue weighted by molar-refractivity contribution is -0.151. The van der Waals surface area contributed by atoms with Gasteiger partial charge >= 0.3 is 19.3 Å². The molecule has 0 amide bonds. The highest BCUT2D eigenvalue weighted by molar-refractivity contribution is 7.54. The van der Waals surface area contributed by atoms with Crippen LogP contribution in [-0.2, 0) is 23.4 Å². The number of esters is 1. The van der Waals surface area contributed by atoms with Crippen LogP contribution < -0.4 is 21.7 Å². The van der Waals surface area contributed by atoms with Crippen molar-refractivity contribution in [2.45, 2.75) is 63.9 Å². The number of carbonyl (C=O) groups is 1. The van der Waals surface area contributed by atoms with E-state index in [1.807, 2.05) is 0 Å². The maximum atomic E-state index is 14.2. The summed E-state index contributed by atoms with van der Waals surface area (Å²) >= 11 is 0. The summed E-state index contributed by atoms with van der Waals surface area (Å²) in [6, 6.07) is 9.47. The number of nitrogens with zero attached hydrogens (tertiary/aromatic N) is 2. The molecule has 1 aromatic heterocycles. The largest absolute Gasteiger partial charge is 0.463 e. The summed E-state index contributed by atoms with van der Waals surface area (Å²) in [5.41, 5.74) is 8.78. The van der Waals surface area contributed by atoms with E-state index in [1.54, 1.807) is 44.2 Å². The summed E-state index contributed by atoms with van der Waals surface area (Å²) < 4.78 is 51.7. The molecule has 1 fully saturated rings. The Balaban J connectivity index is 1.88. The van der Waals surface area contributed by atoms with Gasteiger partial charge in [0.05, 0.1) is 24.3 Å². The van der Waals surface area contributed by atoms with E-state index in [2.05, 4.69) is 4.98 Å². The molecule has 12 nitrogen and oxygen atoms in total. The first-order chi connectivity index (χ1) is 17.8. The Hall–Kier alpha value is -2.83. The Morgan fingerprint density at radius 1 is 1.26 bits per heavy atom. The van der Waals surface area contributed by atoms with Gasteiger partial charge in [0.1, 0.15) is 36.0 Å². The molecule has 1 aromatic carbocycles. The number of nitrogen functional groups attached to an aromatic ring is 1. The van der Waals surface area contributed by atoms with Crippen molar-refractivity contribution in [1.82, 2.24) is 9.55 Å². The average molecular weight is 557 g/mol. The van der Waals surface area contributed by atoms with Gasteiger partial charge in [-0.15, -0.1) is 0 Å². The van der Waals surface area contributed by atoms with Crippen LogP contribution in [0.15, 0.2) is 47.4 Å². The molecule has 5 N–H and O–H groups in total. The fourth-order valence-electron chi connectivity index (χ4n) is 4.06. The molecule has 38 heavy (non-hydrogen) atoms. The van der Waals surface area contributed by atoms with Gasteiger partial charge < -0.3 is 30.6 Å². The van der Waals surface area contributed by atoms with Crippen LogP contribution in [0.3, 0.4) is 0 Å². The van der Waals surface area contributed by atoms with Gasteiger partial charge in [0, 0.05) is 6.20 Å². The molecule has 210 valence electrons.